The Morgan fingerprint density at radius 2 is 2.33 bits per heavy atom. The molecule has 1 aromatic carbocycles. The lowest BCUT2D eigenvalue weighted by Crippen LogP contribution is -2.36. The van der Waals surface area contributed by atoms with Crippen molar-refractivity contribution in [3.63, 3.8) is 0 Å². The molecule has 2 rings (SSSR count). The Morgan fingerprint density at radius 3 is 3.00 bits per heavy atom. The second kappa shape index (κ2) is 4.42. The summed E-state index contributed by atoms with van der Waals surface area (Å²) in [6.07, 6.45) is 1.80. The SMILES string of the molecule is NCc1ccccc1N1CCC(C=O)N1. The standard InChI is InChI=1S/C11H15N3O/c12-7-9-3-1-2-4-11(9)14-6-5-10(8-15)13-14/h1-4,8,10,13H,5-7,12H2. The van der Waals surface area contributed by atoms with Gasteiger partial charge in [-0.3, -0.25) is 0 Å². The summed E-state index contributed by atoms with van der Waals surface area (Å²) in [6, 6.07) is 7.91. The Morgan fingerprint density at radius 1 is 1.53 bits per heavy atom. The number of hydrogen-bond donors (Lipinski definition) is 2. The molecule has 1 aliphatic heterocycles. The molecular formula is C11H15N3O. The van der Waals surface area contributed by atoms with Crippen molar-refractivity contribution in [3.05, 3.63) is 29.8 Å². The Labute approximate surface area is 89.0 Å². The predicted molar refractivity (Wildman–Crippen MR) is 59.3 cm³/mol. The van der Waals surface area contributed by atoms with E-state index in [2.05, 4.69) is 5.43 Å². The van der Waals surface area contributed by atoms with Crippen LogP contribution in [0.25, 0.3) is 0 Å². The third-order valence-corrected chi connectivity index (χ3v) is 2.65. The fourth-order valence-corrected chi connectivity index (χ4v) is 1.83. The van der Waals surface area contributed by atoms with Gasteiger partial charge in [-0.2, -0.15) is 0 Å². The minimum Gasteiger partial charge on any atom is -0.326 e. The van der Waals surface area contributed by atoms with Gasteiger partial charge >= 0.3 is 0 Å². The first-order valence-corrected chi connectivity index (χ1v) is 5.12. The first-order valence-electron chi connectivity index (χ1n) is 5.12. The molecule has 0 aliphatic carbocycles. The van der Waals surface area contributed by atoms with Crippen LogP contribution in [0.2, 0.25) is 0 Å². The number of nitrogens with zero attached hydrogens (tertiary/aromatic N) is 1. The number of aldehydes is 1. The number of nitrogens with one attached hydrogen (secondary N) is 1. The van der Waals surface area contributed by atoms with Crippen molar-refractivity contribution in [1.29, 1.82) is 0 Å². The third-order valence-electron chi connectivity index (χ3n) is 2.65. The Balaban J connectivity index is 2.19. The average molecular weight is 205 g/mol. The lowest BCUT2D eigenvalue weighted by molar-refractivity contribution is -0.109. The molecule has 0 spiro atoms. The van der Waals surface area contributed by atoms with Crippen LogP contribution >= 0.6 is 0 Å². The maximum atomic E-state index is 10.6. The molecule has 1 atom stereocenters. The molecule has 0 bridgehead atoms. The van der Waals surface area contributed by atoms with Crippen molar-refractivity contribution < 1.29 is 4.79 Å². The molecule has 3 N–H and O–H groups in total. The quantitative estimate of drug-likeness (QED) is 0.702. The van der Waals surface area contributed by atoms with Crippen molar-refractivity contribution in [2.75, 3.05) is 11.6 Å². The van der Waals surface area contributed by atoms with Gasteiger partial charge < -0.3 is 15.5 Å². The van der Waals surface area contributed by atoms with E-state index < -0.39 is 0 Å². The van der Waals surface area contributed by atoms with E-state index in [1.54, 1.807) is 0 Å². The molecule has 0 aromatic heterocycles. The lowest BCUT2D eigenvalue weighted by atomic mass is 10.1. The fraction of sp³-hybridized carbons (Fsp3) is 0.364. The van der Waals surface area contributed by atoms with E-state index in [0.29, 0.717) is 6.54 Å². The number of benzene rings is 1. The molecule has 4 nitrogen and oxygen atoms in total. The summed E-state index contributed by atoms with van der Waals surface area (Å²) in [5, 5.41) is 2.00. The van der Waals surface area contributed by atoms with Gasteiger partial charge in [-0.25, -0.2) is 5.43 Å². The normalized spacial score (nSPS) is 20.6. The number of carbonyl (C=O) groups excluding carboxylic acids is 1. The number of para-hydroxylation sites is 1. The molecule has 1 aliphatic rings. The summed E-state index contributed by atoms with van der Waals surface area (Å²) in [4.78, 5) is 10.6. The molecular weight excluding hydrogens is 190 g/mol. The molecule has 0 amide bonds. The van der Waals surface area contributed by atoms with Gasteiger partial charge in [0.1, 0.15) is 6.29 Å². The van der Waals surface area contributed by atoms with Gasteiger partial charge in [-0.15, -0.1) is 0 Å². The van der Waals surface area contributed by atoms with Crippen LogP contribution in [-0.2, 0) is 11.3 Å². The van der Waals surface area contributed by atoms with Crippen molar-refractivity contribution in [3.8, 4) is 0 Å². The number of hydrogen-bond acceptors (Lipinski definition) is 4. The van der Waals surface area contributed by atoms with Crippen molar-refractivity contribution in [1.82, 2.24) is 5.43 Å². The maximum Gasteiger partial charge on any atom is 0.138 e. The third kappa shape index (κ3) is 2.00. The Kier molecular flexibility index (Phi) is 2.99. The van der Waals surface area contributed by atoms with Crippen LogP contribution in [0, 0.1) is 0 Å². The highest BCUT2D eigenvalue weighted by molar-refractivity contribution is 5.61. The smallest absolute Gasteiger partial charge is 0.138 e. The molecule has 1 fully saturated rings. The zero-order chi connectivity index (χ0) is 10.7. The number of carbonyl (C=O) groups is 1. The average Bonchev–Trinajstić information content (AvgIpc) is 2.77. The first kappa shape index (κ1) is 10.1. The van der Waals surface area contributed by atoms with Crippen LogP contribution in [0.4, 0.5) is 5.69 Å². The van der Waals surface area contributed by atoms with Gasteiger partial charge in [-0.05, 0) is 18.1 Å². The lowest BCUT2D eigenvalue weighted by Gasteiger charge is -2.21. The molecule has 1 saturated heterocycles. The first-order chi connectivity index (χ1) is 7.35. The van der Waals surface area contributed by atoms with E-state index in [0.717, 1.165) is 30.5 Å². The van der Waals surface area contributed by atoms with Gasteiger partial charge in [0.2, 0.25) is 0 Å². The maximum absolute atomic E-state index is 10.6. The van der Waals surface area contributed by atoms with E-state index in [-0.39, 0.29) is 6.04 Å². The number of hydrazine groups is 1. The van der Waals surface area contributed by atoms with Crippen LogP contribution < -0.4 is 16.2 Å². The topological polar surface area (TPSA) is 58.4 Å². The van der Waals surface area contributed by atoms with Crippen LogP contribution in [0.15, 0.2) is 24.3 Å². The molecule has 1 heterocycles. The van der Waals surface area contributed by atoms with Gasteiger partial charge in [0.15, 0.2) is 0 Å². The zero-order valence-corrected chi connectivity index (χ0v) is 8.52. The van der Waals surface area contributed by atoms with E-state index in [4.69, 9.17) is 5.73 Å². The van der Waals surface area contributed by atoms with Crippen LogP contribution in [0.1, 0.15) is 12.0 Å². The monoisotopic (exact) mass is 205 g/mol. The molecule has 1 aromatic rings. The summed E-state index contributed by atoms with van der Waals surface area (Å²) in [5.41, 5.74) is 11.0. The van der Waals surface area contributed by atoms with Crippen molar-refractivity contribution in [2.45, 2.75) is 19.0 Å². The van der Waals surface area contributed by atoms with Crippen LogP contribution in [0.3, 0.4) is 0 Å². The molecule has 0 radical (unpaired) electrons. The fourth-order valence-electron chi connectivity index (χ4n) is 1.83. The highest BCUT2D eigenvalue weighted by atomic mass is 16.1. The largest absolute Gasteiger partial charge is 0.326 e. The number of rotatable bonds is 3. The number of anilines is 1. The van der Waals surface area contributed by atoms with Gasteiger partial charge in [0.05, 0.1) is 11.7 Å². The van der Waals surface area contributed by atoms with Gasteiger partial charge in [-0.1, -0.05) is 18.2 Å². The molecule has 1 unspecified atom stereocenters. The van der Waals surface area contributed by atoms with Crippen molar-refractivity contribution in [2.24, 2.45) is 5.73 Å². The van der Waals surface area contributed by atoms with E-state index in [9.17, 15) is 4.79 Å². The number of nitrogens with two attached hydrogens (primary N) is 1. The Bertz CT molecular complexity index is 353. The summed E-state index contributed by atoms with van der Waals surface area (Å²) < 4.78 is 0. The Hall–Kier alpha value is -1.39. The molecule has 4 heteroatoms. The van der Waals surface area contributed by atoms with E-state index >= 15 is 0 Å². The van der Waals surface area contributed by atoms with Gasteiger partial charge in [0, 0.05) is 13.1 Å². The minimum atomic E-state index is -0.0594. The summed E-state index contributed by atoms with van der Waals surface area (Å²) in [6.45, 7) is 1.36. The molecule has 80 valence electrons. The van der Waals surface area contributed by atoms with Gasteiger partial charge in [0.25, 0.3) is 0 Å². The molecule has 0 saturated carbocycles. The zero-order valence-electron chi connectivity index (χ0n) is 8.52. The highest BCUT2D eigenvalue weighted by Gasteiger charge is 2.22. The summed E-state index contributed by atoms with van der Waals surface area (Å²) in [5.74, 6) is 0. The van der Waals surface area contributed by atoms with Crippen molar-refractivity contribution >= 4 is 12.0 Å². The van der Waals surface area contributed by atoms with E-state index in [1.165, 1.54) is 0 Å². The second-order valence-electron chi connectivity index (χ2n) is 3.64. The summed E-state index contributed by atoms with van der Waals surface area (Å²) in [7, 11) is 0. The predicted octanol–water partition coefficient (Wildman–Crippen LogP) is 0.427. The highest BCUT2D eigenvalue weighted by Crippen LogP contribution is 2.21. The molecule has 15 heavy (non-hydrogen) atoms. The van der Waals surface area contributed by atoms with E-state index in [1.807, 2.05) is 29.3 Å². The van der Waals surface area contributed by atoms with Crippen LogP contribution in [0.5, 0.6) is 0 Å². The minimum absolute atomic E-state index is 0.0594. The second-order valence-corrected chi connectivity index (χ2v) is 3.64. The summed E-state index contributed by atoms with van der Waals surface area (Å²) >= 11 is 0. The van der Waals surface area contributed by atoms with Crippen LogP contribution in [-0.4, -0.2) is 18.9 Å².